The molecule has 2 aromatic rings. The lowest BCUT2D eigenvalue weighted by Crippen LogP contribution is -2.33. The molecule has 0 aliphatic carbocycles. The summed E-state index contributed by atoms with van der Waals surface area (Å²) < 4.78 is 67.4. The van der Waals surface area contributed by atoms with E-state index in [9.17, 15) is 26.4 Å². The van der Waals surface area contributed by atoms with Crippen LogP contribution in [0, 0.1) is 0 Å². The van der Waals surface area contributed by atoms with E-state index in [0.29, 0.717) is 6.07 Å². The number of nitrogens with zero attached hydrogens (tertiary/aromatic N) is 2. The zero-order valence-electron chi connectivity index (χ0n) is 15.3. The van der Waals surface area contributed by atoms with E-state index in [2.05, 4.69) is 9.88 Å². The second-order valence-electron chi connectivity index (χ2n) is 5.98. The van der Waals surface area contributed by atoms with E-state index in [1.807, 2.05) is 11.8 Å². The summed E-state index contributed by atoms with van der Waals surface area (Å²) in [5, 5.41) is -0.0951. The van der Waals surface area contributed by atoms with Gasteiger partial charge in [0.05, 0.1) is 17.3 Å². The molecular weight excluding hydrogens is 467 g/mol. The van der Waals surface area contributed by atoms with Crippen LogP contribution in [0.3, 0.4) is 0 Å². The zero-order chi connectivity index (χ0) is 22.5. The zero-order valence-corrected chi connectivity index (χ0v) is 17.7. The van der Waals surface area contributed by atoms with Gasteiger partial charge in [-0.25, -0.2) is 4.98 Å². The first-order chi connectivity index (χ1) is 13.9. The van der Waals surface area contributed by atoms with Gasteiger partial charge in [-0.3, -0.25) is 9.35 Å². The number of halogens is 4. The van der Waals surface area contributed by atoms with Crippen molar-refractivity contribution in [3.8, 4) is 0 Å². The van der Waals surface area contributed by atoms with Gasteiger partial charge in [0, 0.05) is 29.6 Å². The van der Waals surface area contributed by atoms with Crippen molar-refractivity contribution in [2.24, 2.45) is 5.73 Å². The first-order valence-corrected chi connectivity index (χ1v) is 11.3. The minimum Gasteiger partial charge on any atom is -0.366 e. The van der Waals surface area contributed by atoms with Gasteiger partial charge in [0.1, 0.15) is 10.7 Å². The van der Waals surface area contributed by atoms with Crippen molar-refractivity contribution < 1.29 is 30.9 Å². The third kappa shape index (κ3) is 6.76. The van der Waals surface area contributed by atoms with Gasteiger partial charge in [-0.1, -0.05) is 11.6 Å². The standard InChI is InChI=1S/C9H12N2O3S2.C8H5ClF3NO/c12-16(13,14)8-1-2-9(10-7-8)11-3-5-15-6-4-11;9-4-1-2-5(7(13)14)6(3-4)8(10,11)12/h1-2,7H,3-6H2,(H,12,13,14);1-3H,(H2,13,14). The Balaban J connectivity index is 0.000000216. The summed E-state index contributed by atoms with van der Waals surface area (Å²) in [6.07, 6.45) is -3.44. The summed E-state index contributed by atoms with van der Waals surface area (Å²) in [6, 6.07) is 5.80. The fourth-order valence-corrected chi connectivity index (χ4v) is 3.97. The maximum absolute atomic E-state index is 12.3. The number of anilines is 1. The summed E-state index contributed by atoms with van der Waals surface area (Å²) in [6.45, 7) is 1.84. The first kappa shape index (κ1) is 24.3. The summed E-state index contributed by atoms with van der Waals surface area (Å²) in [5.41, 5.74) is 3.08. The summed E-state index contributed by atoms with van der Waals surface area (Å²) in [5.74, 6) is 1.74. The predicted octanol–water partition coefficient (Wildman–Crippen LogP) is 3.34. The van der Waals surface area contributed by atoms with E-state index in [1.165, 1.54) is 18.3 Å². The molecule has 13 heteroatoms. The molecule has 0 radical (unpaired) electrons. The molecule has 3 N–H and O–H groups in total. The number of rotatable bonds is 3. The van der Waals surface area contributed by atoms with E-state index in [1.54, 1.807) is 6.07 Å². The molecule has 1 aromatic heterocycles. The average molecular weight is 484 g/mol. The fourth-order valence-electron chi connectivity index (χ4n) is 2.47. The molecule has 7 nitrogen and oxygen atoms in total. The fraction of sp³-hybridized carbons (Fsp3) is 0.294. The van der Waals surface area contributed by atoms with E-state index in [0.717, 1.165) is 36.5 Å². The molecule has 164 valence electrons. The van der Waals surface area contributed by atoms with Crippen LogP contribution in [0.4, 0.5) is 19.0 Å². The molecule has 2 heterocycles. The van der Waals surface area contributed by atoms with E-state index < -0.39 is 33.3 Å². The molecule has 0 spiro atoms. The quantitative estimate of drug-likeness (QED) is 0.643. The highest BCUT2D eigenvalue weighted by atomic mass is 35.5. The van der Waals surface area contributed by atoms with Crippen LogP contribution in [0.15, 0.2) is 41.4 Å². The van der Waals surface area contributed by atoms with Gasteiger partial charge in [-0.15, -0.1) is 0 Å². The normalized spacial score (nSPS) is 14.6. The average Bonchev–Trinajstić information content (AvgIpc) is 2.68. The monoisotopic (exact) mass is 483 g/mol. The van der Waals surface area contributed by atoms with Crippen molar-refractivity contribution >= 4 is 45.2 Å². The first-order valence-electron chi connectivity index (χ1n) is 8.32. The SMILES string of the molecule is NC(=O)c1ccc(Cl)cc1C(F)(F)F.O=S(=O)(O)c1ccc(N2CCSCC2)nc1. The smallest absolute Gasteiger partial charge is 0.366 e. The number of aromatic nitrogens is 1. The maximum atomic E-state index is 12.3. The third-order valence-corrected chi connectivity index (χ3v) is 5.92. The molecule has 3 rings (SSSR count). The highest BCUT2D eigenvalue weighted by Crippen LogP contribution is 2.33. The predicted molar refractivity (Wildman–Crippen MR) is 109 cm³/mol. The lowest BCUT2D eigenvalue weighted by Gasteiger charge is -2.27. The van der Waals surface area contributed by atoms with Crippen molar-refractivity contribution in [1.29, 1.82) is 0 Å². The van der Waals surface area contributed by atoms with Gasteiger partial charge in [0.25, 0.3) is 10.1 Å². The molecule has 0 bridgehead atoms. The van der Waals surface area contributed by atoms with Gasteiger partial charge in [-0.2, -0.15) is 33.4 Å². The van der Waals surface area contributed by atoms with Crippen LogP contribution < -0.4 is 10.6 Å². The lowest BCUT2D eigenvalue weighted by atomic mass is 10.1. The number of alkyl halides is 3. The highest BCUT2D eigenvalue weighted by molar-refractivity contribution is 7.99. The van der Waals surface area contributed by atoms with Crippen LogP contribution in [0.2, 0.25) is 5.02 Å². The number of carbonyl (C=O) groups excluding carboxylic acids is 1. The van der Waals surface area contributed by atoms with Crippen LogP contribution in [0.25, 0.3) is 0 Å². The van der Waals surface area contributed by atoms with Crippen LogP contribution >= 0.6 is 23.4 Å². The number of thioether (sulfide) groups is 1. The number of carbonyl (C=O) groups is 1. The number of hydrogen-bond acceptors (Lipinski definition) is 6. The molecule has 1 aliphatic rings. The summed E-state index contributed by atoms with van der Waals surface area (Å²) in [4.78, 5) is 16.6. The molecule has 1 aromatic carbocycles. The Morgan fingerprint density at radius 2 is 1.83 bits per heavy atom. The van der Waals surface area contributed by atoms with Crippen molar-refractivity contribution in [3.05, 3.63) is 52.7 Å². The molecule has 30 heavy (non-hydrogen) atoms. The minimum atomic E-state index is -4.63. The summed E-state index contributed by atoms with van der Waals surface area (Å²) in [7, 11) is -4.14. The number of hydrogen-bond donors (Lipinski definition) is 2. The molecule has 1 fully saturated rings. The second-order valence-corrected chi connectivity index (χ2v) is 9.06. The van der Waals surface area contributed by atoms with Crippen LogP contribution in [0.5, 0.6) is 0 Å². The van der Waals surface area contributed by atoms with Crippen molar-refractivity contribution in [1.82, 2.24) is 4.98 Å². The van der Waals surface area contributed by atoms with Crippen LogP contribution in [-0.2, 0) is 16.3 Å². The van der Waals surface area contributed by atoms with Gasteiger partial charge in [-0.05, 0) is 30.3 Å². The number of primary amides is 1. The van der Waals surface area contributed by atoms with Gasteiger partial charge in [0.15, 0.2) is 0 Å². The Morgan fingerprint density at radius 1 is 1.20 bits per heavy atom. The van der Waals surface area contributed by atoms with Crippen molar-refractivity contribution in [2.75, 3.05) is 29.5 Å². The molecule has 1 amide bonds. The molecule has 1 aliphatic heterocycles. The number of amides is 1. The van der Waals surface area contributed by atoms with E-state index >= 15 is 0 Å². The van der Waals surface area contributed by atoms with Gasteiger partial charge >= 0.3 is 6.18 Å². The lowest BCUT2D eigenvalue weighted by molar-refractivity contribution is -0.137. The van der Waals surface area contributed by atoms with E-state index in [4.69, 9.17) is 21.9 Å². The second kappa shape index (κ2) is 9.86. The Labute approximate surface area is 180 Å². The Kier molecular flexibility index (Phi) is 7.97. The highest BCUT2D eigenvalue weighted by Gasteiger charge is 2.34. The summed E-state index contributed by atoms with van der Waals surface area (Å²) >= 11 is 7.27. The molecule has 0 unspecified atom stereocenters. The van der Waals surface area contributed by atoms with Crippen LogP contribution in [-0.4, -0.2) is 48.5 Å². The third-order valence-electron chi connectivity index (χ3n) is 3.91. The molecule has 0 saturated carbocycles. The van der Waals surface area contributed by atoms with Gasteiger partial charge in [0.2, 0.25) is 5.91 Å². The molecular formula is C17H17ClF3N3O4S2. The molecule has 0 atom stereocenters. The van der Waals surface area contributed by atoms with Crippen molar-refractivity contribution in [2.45, 2.75) is 11.1 Å². The maximum Gasteiger partial charge on any atom is 0.417 e. The Hall–Kier alpha value is -2.02. The van der Waals surface area contributed by atoms with E-state index in [-0.39, 0.29) is 9.92 Å². The van der Waals surface area contributed by atoms with Gasteiger partial charge < -0.3 is 10.6 Å². The van der Waals surface area contributed by atoms with Crippen LogP contribution in [0.1, 0.15) is 15.9 Å². The largest absolute Gasteiger partial charge is 0.417 e. The Morgan fingerprint density at radius 3 is 2.30 bits per heavy atom. The number of nitrogens with two attached hydrogens (primary N) is 1. The minimum absolute atomic E-state index is 0.0951. The topological polar surface area (TPSA) is 114 Å². The Bertz CT molecular complexity index is 996. The number of benzene rings is 1. The number of pyridine rings is 1. The molecule has 1 saturated heterocycles. The van der Waals surface area contributed by atoms with Crippen molar-refractivity contribution in [3.63, 3.8) is 0 Å².